The number of aryl methyl sites for hydroxylation is 1. The Balaban J connectivity index is 0. The molecule has 0 saturated carbocycles. The number of hydrogen-bond acceptors (Lipinski definition) is 9. The number of halogens is 3. The van der Waals surface area contributed by atoms with Gasteiger partial charge in [0, 0.05) is 20.3 Å². The van der Waals surface area contributed by atoms with Gasteiger partial charge in [0.2, 0.25) is 0 Å². The zero-order chi connectivity index (χ0) is 32.7. The average molecular weight is 770 g/mol. The largest absolute Gasteiger partial charge is 0.508 e. The van der Waals surface area contributed by atoms with Crippen molar-refractivity contribution in [1.82, 2.24) is 0 Å². The number of esters is 2. The summed E-state index contributed by atoms with van der Waals surface area (Å²) in [4.78, 5) is 45.8. The molecule has 0 aliphatic carbocycles. The van der Waals surface area contributed by atoms with Gasteiger partial charge in [-0.2, -0.15) is 0 Å². The molecule has 9 nitrogen and oxygen atoms in total. The van der Waals surface area contributed by atoms with Crippen molar-refractivity contribution in [2.45, 2.75) is 60.3 Å². The number of ketones is 2. The molecule has 0 heterocycles. The number of phenols is 2. The van der Waals surface area contributed by atoms with Gasteiger partial charge in [-0.05, 0) is 50.6 Å². The number of rotatable bonds is 11. The quantitative estimate of drug-likeness (QED) is 0.137. The van der Waals surface area contributed by atoms with Gasteiger partial charge in [-0.25, -0.2) is 0 Å². The molecule has 2 aromatic rings. The van der Waals surface area contributed by atoms with Crippen LogP contribution in [0.15, 0.2) is 36.4 Å². The highest BCUT2D eigenvalue weighted by atomic mass is 79.9. The number of phenolic OH excluding ortho intramolecular Hbond substituents is 2. The van der Waals surface area contributed by atoms with E-state index in [0.717, 1.165) is 11.6 Å². The van der Waals surface area contributed by atoms with Crippen LogP contribution >= 0.6 is 47.3 Å². The summed E-state index contributed by atoms with van der Waals surface area (Å²) in [7, 11) is 1.52. The van der Waals surface area contributed by atoms with E-state index in [2.05, 4.69) is 52.0 Å². The second-order valence-corrected chi connectivity index (χ2v) is 14.0. The molecule has 0 aliphatic rings. The van der Waals surface area contributed by atoms with Crippen molar-refractivity contribution in [3.05, 3.63) is 53.1 Å². The minimum absolute atomic E-state index is 0.0208. The van der Waals surface area contributed by atoms with Crippen LogP contribution in [0.2, 0.25) is 0 Å². The first-order chi connectivity index (χ1) is 19.8. The molecular formula is C28H38BBr3O9. The lowest BCUT2D eigenvalue weighted by Crippen LogP contribution is -2.09. The molecule has 0 fully saturated rings. The maximum Gasteiger partial charge on any atom is 0.369 e. The van der Waals surface area contributed by atoms with E-state index in [1.54, 1.807) is 32.9 Å². The van der Waals surface area contributed by atoms with Crippen LogP contribution in [-0.4, -0.2) is 57.2 Å². The van der Waals surface area contributed by atoms with Crippen LogP contribution in [0.1, 0.15) is 81.0 Å². The number of benzene rings is 2. The number of Topliss-reactive ketones (excluding diaryl/α,β-unsaturated/α-hetero) is 2. The predicted octanol–water partition coefficient (Wildman–Crippen LogP) is 7.34. The first-order valence-corrected chi connectivity index (χ1v) is 15.3. The Morgan fingerprint density at radius 3 is 1.68 bits per heavy atom. The molecular weight excluding hydrogens is 731 g/mol. The van der Waals surface area contributed by atoms with Gasteiger partial charge >= 0.3 is 15.1 Å². The maximum absolute atomic E-state index is 12.0. The van der Waals surface area contributed by atoms with Gasteiger partial charge in [-0.3, -0.25) is 19.2 Å². The smallest absolute Gasteiger partial charge is 0.369 e. The fourth-order valence-electron chi connectivity index (χ4n) is 2.95. The first-order valence-electron chi connectivity index (χ1n) is 13.2. The van der Waals surface area contributed by atoms with Gasteiger partial charge in [0.05, 0.1) is 44.3 Å². The molecule has 228 valence electrons. The van der Waals surface area contributed by atoms with Gasteiger partial charge < -0.3 is 24.4 Å². The Kier molecular flexibility index (Phi) is 22.8. The van der Waals surface area contributed by atoms with E-state index >= 15 is 0 Å². The maximum atomic E-state index is 12.0. The molecule has 0 saturated heterocycles. The lowest BCUT2D eigenvalue weighted by atomic mass is 10.0. The van der Waals surface area contributed by atoms with Gasteiger partial charge in [0.15, 0.2) is 11.6 Å². The number of hydrogen-bond donors (Lipinski definition) is 2. The first kappa shape index (κ1) is 38.6. The Bertz CT molecular complexity index is 1120. The summed E-state index contributed by atoms with van der Waals surface area (Å²) in [5, 5.41) is 18.5. The Labute approximate surface area is 268 Å². The molecule has 0 unspecified atom stereocenters. The van der Waals surface area contributed by atoms with E-state index in [0.29, 0.717) is 24.8 Å². The average Bonchev–Trinajstić information content (AvgIpc) is 2.91. The van der Waals surface area contributed by atoms with E-state index in [9.17, 15) is 24.3 Å². The normalized spacial score (nSPS) is 9.61. The summed E-state index contributed by atoms with van der Waals surface area (Å²) in [5.41, 5.74) is 1.62. The Morgan fingerprint density at radius 1 is 0.829 bits per heavy atom. The Morgan fingerprint density at radius 2 is 1.27 bits per heavy atom. The van der Waals surface area contributed by atoms with Gasteiger partial charge in [-0.1, -0.05) is 19.9 Å². The fourth-order valence-corrected chi connectivity index (χ4v) is 2.95. The van der Waals surface area contributed by atoms with Gasteiger partial charge in [0.1, 0.15) is 17.2 Å². The monoisotopic (exact) mass is 767 g/mol. The Hall–Kier alpha value is -2.38. The van der Waals surface area contributed by atoms with Crippen LogP contribution in [0, 0.1) is 6.92 Å². The van der Waals surface area contributed by atoms with Crippen molar-refractivity contribution in [2.24, 2.45) is 0 Å². The molecule has 41 heavy (non-hydrogen) atoms. The highest BCUT2D eigenvalue weighted by Crippen LogP contribution is 2.24. The molecule has 2 aromatic carbocycles. The van der Waals surface area contributed by atoms with Crippen molar-refractivity contribution in [3.63, 3.8) is 0 Å². The molecule has 2 rings (SSSR count). The summed E-state index contributed by atoms with van der Waals surface area (Å²) in [6.07, 6.45) is 0.187. The van der Waals surface area contributed by atoms with E-state index in [-0.39, 0.29) is 70.1 Å². The van der Waals surface area contributed by atoms with Crippen LogP contribution in [-0.2, 0) is 19.1 Å². The predicted molar refractivity (Wildman–Crippen MR) is 172 cm³/mol. The molecule has 0 spiro atoms. The third-order valence-electron chi connectivity index (χ3n) is 4.66. The van der Waals surface area contributed by atoms with Crippen molar-refractivity contribution >= 4 is 74.0 Å². The van der Waals surface area contributed by atoms with Crippen molar-refractivity contribution in [2.75, 3.05) is 20.3 Å². The van der Waals surface area contributed by atoms with Crippen LogP contribution in [0.4, 0.5) is 0 Å². The highest BCUT2D eigenvalue weighted by molar-refractivity contribution is 9.69. The summed E-state index contributed by atoms with van der Waals surface area (Å²) in [6.45, 7) is 8.25. The SMILES string of the molecule is BrB(Br)Br.CCOC(=O)CCC(=O)c1ccc(C)cc1OC.CCOC(=O)CCC(=O)c1ccc(O)cc1O.[2H]CC. The van der Waals surface area contributed by atoms with Gasteiger partial charge in [0.25, 0.3) is 0 Å². The molecule has 0 aliphatic heterocycles. The highest BCUT2D eigenvalue weighted by Gasteiger charge is 2.15. The van der Waals surface area contributed by atoms with Crippen molar-refractivity contribution in [3.8, 4) is 17.2 Å². The van der Waals surface area contributed by atoms with E-state index in [1.807, 2.05) is 13.0 Å². The lowest BCUT2D eigenvalue weighted by molar-refractivity contribution is -0.143. The van der Waals surface area contributed by atoms with Gasteiger partial charge in [-0.15, -0.1) is 47.3 Å². The van der Waals surface area contributed by atoms with Crippen LogP contribution in [0.25, 0.3) is 0 Å². The molecule has 2 N–H and O–H groups in total. The number of aromatic hydroxyl groups is 2. The molecule has 13 heteroatoms. The summed E-state index contributed by atoms with van der Waals surface area (Å²) in [6, 6.07) is 9.08. The van der Waals surface area contributed by atoms with E-state index in [1.165, 1.54) is 19.2 Å². The van der Waals surface area contributed by atoms with Crippen LogP contribution in [0.3, 0.4) is 0 Å². The van der Waals surface area contributed by atoms with Crippen LogP contribution in [0.5, 0.6) is 17.2 Å². The molecule has 0 aromatic heterocycles. The van der Waals surface area contributed by atoms with Crippen molar-refractivity contribution < 1.29 is 45.0 Å². The molecule has 0 bridgehead atoms. The minimum Gasteiger partial charge on any atom is -0.508 e. The summed E-state index contributed by atoms with van der Waals surface area (Å²) < 4.78 is 21.1. The van der Waals surface area contributed by atoms with Crippen LogP contribution < -0.4 is 4.74 Å². The molecule has 0 radical (unpaired) electrons. The second-order valence-electron chi connectivity index (χ2n) is 7.61. The standard InChI is InChI=1S/C14H18O4.C12H14O5.C2H6.BBr3/c1-4-18-14(16)8-7-12(15)11-6-5-10(2)9-13(11)17-3;1-2-17-12(16)6-5-10(14)9-4-3-8(13)7-11(9)15;1-2;2-1(3)4/h5-6,9H,4,7-8H2,1-3H3;3-4,7,13,15H,2,5-6H2,1H3;1-2H3;/i;;1D;. The third-order valence-corrected chi connectivity index (χ3v) is 4.66. The third kappa shape index (κ3) is 19.4. The zero-order valence-corrected chi connectivity index (χ0v) is 28.6. The lowest BCUT2D eigenvalue weighted by Gasteiger charge is -2.08. The second kappa shape index (κ2) is 24.2. The number of ether oxygens (including phenoxy) is 3. The minimum atomic E-state index is -0.445. The van der Waals surface area contributed by atoms with Crippen molar-refractivity contribution in [1.29, 1.82) is 0 Å². The van der Waals surface area contributed by atoms with E-state index < -0.39 is 5.97 Å². The number of methoxy groups -OCH3 is 1. The molecule has 0 atom stereocenters. The summed E-state index contributed by atoms with van der Waals surface area (Å²) >= 11 is 9.31. The zero-order valence-electron chi connectivity index (χ0n) is 24.9. The van der Waals surface area contributed by atoms with E-state index in [4.69, 9.17) is 16.0 Å². The summed E-state index contributed by atoms with van der Waals surface area (Å²) in [5.74, 6) is -1.14. The topological polar surface area (TPSA) is 136 Å². The fraction of sp³-hybridized carbons (Fsp3) is 0.429. The molecule has 0 amide bonds. The number of carbonyl (C=O) groups is 4. The number of carbonyl (C=O) groups excluding carboxylic acids is 4.